The molecule has 7 nitrogen and oxygen atoms in total. The summed E-state index contributed by atoms with van der Waals surface area (Å²) >= 11 is 0. The van der Waals surface area contributed by atoms with Crippen molar-refractivity contribution in [1.29, 1.82) is 0 Å². The quantitative estimate of drug-likeness (QED) is 0.392. The van der Waals surface area contributed by atoms with Crippen LogP contribution in [0.25, 0.3) is 16.9 Å². The second-order valence-electron chi connectivity index (χ2n) is 7.04. The highest BCUT2D eigenvalue weighted by molar-refractivity contribution is 5.82. The molecule has 164 valence electrons. The van der Waals surface area contributed by atoms with E-state index in [1.807, 2.05) is 77.3 Å². The van der Waals surface area contributed by atoms with Crippen LogP contribution in [-0.4, -0.2) is 35.6 Å². The molecule has 1 N–H and O–H groups in total. The van der Waals surface area contributed by atoms with Crippen LogP contribution in [0.4, 0.5) is 5.82 Å². The van der Waals surface area contributed by atoms with Crippen molar-refractivity contribution in [3.8, 4) is 22.8 Å². The summed E-state index contributed by atoms with van der Waals surface area (Å²) in [6.45, 7) is 2.57. The monoisotopic (exact) mass is 431 g/mol. The van der Waals surface area contributed by atoms with Crippen LogP contribution in [0.3, 0.4) is 0 Å². The van der Waals surface area contributed by atoms with Crippen LogP contribution in [0.2, 0.25) is 0 Å². The summed E-state index contributed by atoms with van der Waals surface area (Å²) in [7, 11) is 1.63. The third-order valence-corrected chi connectivity index (χ3v) is 4.92. The number of aromatic nitrogens is 2. The third-order valence-electron chi connectivity index (χ3n) is 4.92. The molecule has 0 amide bonds. The number of anilines is 1. The number of methoxy groups -OCH3 is 1. The van der Waals surface area contributed by atoms with E-state index in [2.05, 4.69) is 5.32 Å². The number of hydrogen-bond donors (Lipinski definition) is 1. The summed E-state index contributed by atoms with van der Waals surface area (Å²) in [5.41, 5.74) is 3.31. The fourth-order valence-corrected chi connectivity index (χ4v) is 3.38. The second-order valence-corrected chi connectivity index (χ2v) is 7.04. The zero-order valence-corrected chi connectivity index (χ0v) is 18.1. The van der Waals surface area contributed by atoms with Crippen molar-refractivity contribution >= 4 is 17.4 Å². The molecular weight excluding hydrogens is 406 g/mol. The average Bonchev–Trinajstić information content (AvgIpc) is 3.21. The van der Waals surface area contributed by atoms with E-state index in [0.29, 0.717) is 36.1 Å². The number of carbonyl (C=O) groups excluding carboxylic acids is 1. The van der Waals surface area contributed by atoms with Gasteiger partial charge in [-0.3, -0.25) is 9.20 Å². The number of imidazole rings is 1. The number of ether oxygens (including phenoxy) is 3. The average molecular weight is 431 g/mol. The minimum atomic E-state index is -0.334. The van der Waals surface area contributed by atoms with Crippen LogP contribution >= 0.6 is 0 Å². The van der Waals surface area contributed by atoms with E-state index >= 15 is 0 Å². The predicted octanol–water partition coefficient (Wildman–Crippen LogP) is 4.56. The maximum absolute atomic E-state index is 12.0. The second kappa shape index (κ2) is 9.87. The molecule has 0 aliphatic heterocycles. The molecule has 32 heavy (non-hydrogen) atoms. The van der Waals surface area contributed by atoms with Gasteiger partial charge in [0.15, 0.2) is 11.4 Å². The fraction of sp³-hybridized carbons (Fsp3) is 0.200. The first-order chi connectivity index (χ1) is 15.7. The lowest BCUT2D eigenvalue weighted by molar-refractivity contribution is -0.140. The Morgan fingerprint density at radius 2 is 1.81 bits per heavy atom. The first kappa shape index (κ1) is 21.2. The van der Waals surface area contributed by atoms with Gasteiger partial charge in [-0.05, 0) is 48.9 Å². The van der Waals surface area contributed by atoms with Gasteiger partial charge in [-0.25, -0.2) is 4.98 Å². The molecule has 2 aromatic heterocycles. The molecule has 0 radical (unpaired) electrons. The molecule has 0 spiro atoms. The number of hydrogen-bond acceptors (Lipinski definition) is 6. The van der Waals surface area contributed by atoms with E-state index in [1.54, 1.807) is 14.0 Å². The van der Waals surface area contributed by atoms with Crippen LogP contribution in [-0.2, 0) is 16.1 Å². The molecule has 0 aliphatic carbocycles. The first-order valence-corrected chi connectivity index (χ1v) is 10.4. The van der Waals surface area contributed by atoms with Gasteiger partial charge >= 0.3 is 5.97 Å². The molecule has 0 unspecified atom stereocenters. The van der Waals surface area contributed by atoms with E-state index in [1.165, 1.54) is 0 Å². The summed E-state index contributed by atoms with van der Waals surface area (Å²) in [5.74, 6) is 1.75. The maximum atomic E-state index is 12.0. The summed E-state index contributed by atoms with van der Waals surface area (Å²) < 4.78 is 18.3. The Balaban J connectivity index is 1.71. The molecule has 0 atom stereocenters. The predicted molar refractivity (Wildman–Crippen MR) is 123 cm³/mol. The van der Waals surface area contributed by atoms with Crippen LogP contribution in [0, 0.1) is 0 Å². The Morgan fingerprint density at radius 1 is 1.03 bits per heavy atom. The zero-order chi connectivity index (χ0) is 22.3. The normalized spacial score (nSPS) is 10.7. The highest BCUT2D eigenvalue weighted by atomic mass is 16.5. The smallest absolute Gasteiger partial charge is 0.325 e. The van der Waals surface area contributed by atoms with Gasteiger partial charge in [0.2, 0.25) is 0 Å². The molecule has 0 fully saturated rings. The number of rotatable bonds is 9. The SMILES string of the molecule is CCOC(=O)CNc1c(-c2ccc(OC)cc2)nc2c(OCc3ccccc3)cccn12. The fourth-order valence-electron chi connectivity index (χ4n) is 3.38. The lowest BCUT2D eigenvalue weighted by atomic mass is 10.1. The van der Waals surface area contributed by atoms with Crippen molar-refractivity contribution in [1.82, 2.24) is 9.38 Å². The van der Waals surface area contributed by atoms with Gasteiger partial charge in [0, 0.05) is 11.8 Å². The largest absolute Gasteiger partial charge is 0.497 e. The summed E-state index contributed by atoms with van der Waals surface area (Å²) in [6, 6.07) is 21.4. The standard InChI is InChI=1S/C25H25N3O4/c1-3-31-22(29)16-26-25-23(19-11-13-20(30-2)14-12-19)27-24-21(10-7-15-28(24)25)32-17-18-8-5-4-6-9-18/h4-15,26H,3,16-17H2,1-2H3. The Morgan fingerprint density at radius 3 is 2.53 bits per heavy atom. The lowest BCUT2D eigenvalue weighted by Crippen LogP contribution is -2.17. The van der Waals surface area contributed by atoms with E-state index in [9.17, 15) is 4.79 Å². The van der Waals surface area contributed by atoms with E-state index < -0.39 is 0 Å². The molecular formula is C25H25N3O4. The van der Waals surface area contributed by atoms with Gasteiger partial charge in [-0.2, -0.15) is 0 Å². The van der Waals surface area contributed by atoms with Gasteiger partial charge in [-0.15, -0.1) is 0 Å². The summed E-state index contributed by atoms with van der Waals surface area (Å²) in [5, 5.41) is 3.19. The molecule has 2 aromatic carbocycles. The zero-order valence-electron chi connectivity index (χ0n) is 18.1. The molecule has 4 rings (SSSR count). The van der Waals surface area contributed by atoms with Gasteiger partial charge in [0.25, 0.3) is 0 Å². The molecule has 4 aromatic rings. The summed E-state index contributed by atoms with van der Waals surface area (Å²) in [4.78, 5) is 16.8. The summed E-state index contributed by atoms with van der Waals surface area (Å²) in [6.07, 6.45) is 1.89. The number of nitrogens with zero attached hydrogens (tertiary/aromatic N) is 2. The van der Waals surface area contributed by atoms with Gasteiger partial charge in [0.1, 0.15) is 30.4 Å². The van der Waals surface area contributed by atoms with Gasteiger partial charge < -0.3 is 19.5 Å². The Kier molecular flexibility index (Phi) is 6.55. The number of pyridine rings is 1. The van der Waals surface area contributed by atoms with Gasteiger partial charge in [0.05, 0.1) is 13.7 Å². The van der Waals surface area contributed by atoms with Crippen LogP contribution < -0.4 is 14.8 Å². The van der Waals surface area contributed by atoms with E-state index in [4.69, 9.17) is 19.2 Å². The minimum absolute atomic E-state index is 0.0277. The Labute approximate surface area is 186 Å². The van der Waals surface area contributed by atoms with E-state index in [-0.39, 0.29) is 12.5 Å². The van der Waals surface area contributed by atoms with E-state index in [0.717, 1.165) is 16.9 Å². The molecule has 0 saturated heterocycles. The molecule has 2 heterocycles. The Hall–Kier alpha value is -4.00. The number of carbonyl (C=O) groups is 1. The van der Waals surface area contributed by atoms with Crippen LogP contribution in [0.15, 0.2) is 72.9 Å². The number of nitrogens with one attached hydrogen (secondary N) is 1. The number of benzene rings is 2. The topological polar surface area (TPSA) is 74.1 Å². The third kappa shape index (κ3) is 4.67. The van der Waals surface area contributed by atoms with Crippen LogP contribution in [0.1, 0.15) is 12.5 Å². The molecule has 0 bridgehead atoms. The van der Waals surface area contributed by atoms with Crippen molar-refractivity contribution in [3.63, 3.8) is 0 Å². The van der Waals surface area contributed by atoms with Crippen molar-refractivity contribution in [3.05, 3.63) is 78.5 Å². The van der Waals surface area contributed by atoms with Crippen molar-refractivity contribution in [2.75, 3.05) is 25.6 Å². The van der Waals surface area contributed by atoms with Crippen molar-refractivity contribution in [2.45, 2.75) is 13.5 Å². The highest BCUT2D eigenvalue weighted by Gasteiger charge is 2.18. The minimum Gasteiger partial charge on any atom is -0.497 e. The van der Waals surface area contributed by atoms with Crippen molar-refractivity contribution < 1.29 is 19.0 Å². The maximum Gasteiger partial charge on any atom is 0.325 e. The molecule has 0 aliphatic rings. The highest BCUT2D eigenvalue weighted by Crippen LogP contribution is 2.33. The molecule has 0 saturated carbocycles. The van der Waals surface area contributed by atoms with Crippen LogP contribution in [0.5, 0.6) is 11.5 Å². The number of esters is 1. The lowest BCUT2D eigenvalue weighted by Gasteiger charge is -2.10. The molecule has 7 heteroatoms. The number of fused-ring (bicyclic) bond motifs is 1. The Bertz CT molecular complexity index is 1190. The van der Waals surface area contributed by atoms with Crippen molar-refractivity contribution in [2.24, 2.45) is 0 Å². The first-order valence-electron chi connectivity index (χ1n) is 10.4. The van der Waals surface area contributed by atoms with Gasteiger partial charge in [-0.1, -0.05) is 30.3 Å².